The van der Waals surface area contributed by atoms with Gasteiger partial charge in [0.25, 0.3) is 5.91 Å². The van der Waals surface area contributed by atoms with Gasteiger partial charge in [-0.1, -0.05) is 41.2 Å². The van der Waals surface area contributed by atoms with E-state index in [1.54, 1.807) is 30.3 Å². The fourth-order valence-corrected chi connectivity index (χ4v) is 2.72. The molecule has 0 fully saturated rings. The Balaban J connectivity index is 2.18. The lowest BCUT2D eigenvalue weighted by Crippen LogP contribution is -2.29. The van der Waals surface area contributed by atoms with Crippen LogP contribution in [-0.4, -0.2) is 45.7 Å². The van der Waals surface area contributed by atoms with Crippen molar-refractivity contribution in [1.82, 2.24) is 10.8 Å². The Morgan fingerprint density at radius 2 is 1.72 bits per heavy atom. The molecule has 9 nitrogen and oxygen atoms in total. The van der Waals surface area contributed by atoms with Crippen LogP contribution < -0.4 is 15.5 Å². The number of hydroxylamine groups is 1. The number of nitrogens with zero attached hydrogens (tertiary/aromatic N) is 2. The van der Waals surface area contributed by atoms with Crippen molar-refractivity contribution in [3.05, 3.63) is 77.2 Å². The summed E-state index contributed by atoms with van der Waals surface area (Å²) in [6.07, 6.45) is 0. The van der Waals surface area contributed by atoms with Gasteiger partial charge in [-0.3, -0.25) is 15.1 Å². The molecule has 0 unspecified atom stereocenters. The SMILES string of the molecule is C=C(NOCc1ccccc1C(=NOC)C(=O)NC)C(=NOC)c1ccc(OC)cc1F. The van der Waals surface area contributed by atoms with Gasteiger partial charge in [0.1, 0.15) is 38.1 Å². The van der Waals surface area contributed by atoms with Crippen LogP contribution in [0, 0.1) is 5.82 Å². The van der Waals surface area contributed by atoms with Crippen molar-refractivity contribution in [1.29, 1.82) is 0 Å². The number of rotatable bonds is 11. The van der Waals surface area contributed by atoms with Gasteiger partial charge in [-0.2, -0.15) is 0 Å². The highest BCUT2D eigenvalue weighted by atomic mass is 19.1. The van der Waals surface area contributed by atoms with Gasteiger partial charge in [-0.25, -0.2) is 4.39 Å². The fourth-order valence-electron chi connectivity index (χ4n) is 2.72. The third-order valence-electron chi connectivity index (χ3n) is 4.22. The molecule has 0 aliphatic carbocycles. The summed E-state index contributed by atoms with van der Waals surface area (Å²) >= 11 is 0. The normalized spacial score (nSPS) is 11.5. The summed E-state index contributed by atoms with van der Waals surface area (Å²) in [6, 6.07) is 11.3. The smallest absolute Gasteiger partial charge is 0.273 e. The number of methoxy groups -OCH3 is 1. The van der Waals surface area contributed by atoms with Gasteiger partial charge >= 0.3 is 0 Å². The van der Waals surface area contributed by atoms with Crippen LogP contribution in [0.4, 0.5) is 4.39 Å². The maximum Gasteiger partial charge on any atom is 0.273 e. The number of benzene rings is 2. The number of hydrogen-bond donors (Lipinski definition) is 2. The molecule has 0 bridgehead atoms. The molecule has 0 saturated heterocycles. The second-order valence-electron chi connectivity index (χ2n) is 6.20. The van der Waals surface area contributed by atoms with Crippen molar-refractivity contribution in [2.24, 2.45) is 10.3 Å². The highest BCUT2D eigenvalue weighted by Gasteiger charge is 2.18. The number of halogens is 1. The zero-order valence-corrected chi connectivity index (χ0v) is 18.3. The molecule has 0 spiro atoms. The number of ether oxygens (including phenoxy) is 1. The van der Waals surface area contributed by atoms with Gasteiger partial charge in [0.15, 0.2) is 5.71 Å². The highest BCUT2D eigenvalue weighted by Crippen LogP contribution is 2.19. The third-order valence-corrected chi connectivity index (χ3v) is 4.22. The Hall–Kier alpha value is -3.92. The van der Waals surface area contributed by atoms with Gasteiger partial charge in [-0.15, -0.1) is 0 Å². The largest absolute Gasteiger partial charge is 0.497 e. The monoisotopic (exact) mass is 444 g/mol. The summed E-state index contributed by atoms with van der Waals surface area (Å²) < 4.78 is 19.5. The molecule has 0 heterocycles. The minimum atomic E-state index is -0.570. The summed E-state index contributed by atoms with van der Waals surface area (Å²) in [6.45, 7) is 3.87. The zero-order valence-electron chi connectivity index (χ0n) is 18.3. The minimum absolute atomic E-state index is 0.0281. The lowest BCUT2D eigenvalue weighted by Gasteiger charge is -2.15. The van der Waals surface area contributed by atoms with Gasteiger partial charge in [-0.05, 0) is 17.7 Å². The molecule has 10 heteroatoms. The van der Waals surface area contributed by atoms with Crippen molar-refractivity contribution in [3.63, 3.8) is 0 Å². The first-order valence-electron chi connectivity index (χ1n) is 9.40. The zero-order chi connectivity index (χ0) is 23.5. The molecule has 0 aromatic heterocycles. The number of allylic oxidation sites excluding steroid dienone is 1. The Labute approximate surface area is 185 Å². The van der Waals surface area contributed by atoms with E-state index in [0.29, 0.717) is 16.9 Å². The van der Waals surface area contributed by atoms with Crippen LogP contribution in [0.5, 0.6) is 5.75 Å². The molecule has 32 heavy (non-hydrogen) atoms. The number of oxime groups is 2. The second-order valence-corrected chi connectivity index (χ2v) is 6.20. The van der Waals surface area contributed by atoms with Crippen LogP contribution >= 0.6 is 0 Å². The number of nitrogens with one attached hydrogen (secondary N) is 2. The summed E-state index contributed by atoms with van der Waals surface area (Å²) in [5.74, 6) is -0.625. The van der Waals surface area contributed by atoms with E-state index in [1.165, 1.54) is 40.5 Å². The lowest BCUT2D eigenvalue weighted by atomic mass is 10.0. The van der Waals surface area contributed by atoms with E-state index in [9.17, 15) is 9.18 Å². The van der Waals surface area contributed by atoms with E-state index >= 15 is 0 Å². The molecular weight excluding hydrogens is 419 g/mol. The number of carbonyl (C=O) groups is 1. The first kappa shape index (κ1) is 24.4. The summed E-state index contributed by atoms with van der Waals surface area (Å²) in [4.78, 5) is 27.3. The number of carbonyl (C=O) groups excluding carboxylic acids is 1. The molecule has 1 amide bonds. The molecule has 0 aliphatic rings. The maximum absolute atomic E-state index is 14.5. The Bertz CT molecular complexity index is 1020. The van der Waals surface area contributed by atoms with Crippen molar-refractivity contribution in [2.75, 3.05) is 28.4 Å². The van der Waals surface area contributed by atoms with Gasteiger partial charge in [0, 0.05) is 24.2 Å². The molecule has 2 N–H and O–H groups in total. The fraction of sp³-hybridized carbons (Fsp3) is 0.227. The van der Waals surface area contributed by atoms with E-state index in [2.05, 4.69) is 27.7 Å². The molecule has 2 aromatic rings. The molecule has 2 rings (SSSR count). The first-order chi connectivity index (χ1) is 15.5. The van der Waals surface area contributed by atoms with E-state index in [0.717, 1.165) is 0 Å². The average Bonchev–Trinajstić information content (AvgIpc) is 2.81. The summed E-state index contributed by atoms with van der Waals surface area (Å²) in [5, 5.41) is 10.2. The van der Waals surface area contributed by atoms with Crippen LogP contribution in [0.25, 0.3) is 0 Å². The van der Waals surface area contributed by atoms with Crippen LogP contribution in [0.1, 0.15) is 16.7 Å². The van der Waals surface area contributed by atoms with E-state index in [4.69, 9.17) is 19.2 Å². The Morgan fingerprint density at radius 3 is 2.34 bits per heavy atom. The molecule has 0 atom stereocenters. The first-order valence-corrected chi connectivity index (χ1v) is 9.40. The van der Waals surface area contributed by atoms with Gasteiger partial charge in [0.05, 0.1) is 12.8 Å². The molecule has 170 valence electrons. The van der Waals surface area contributed by atoms with E-state index in [1.807, 2.05) is 0 Å². The van der Waals surface area contributed by atoms with Crippen LogP contribution in [-0.2, 0) is 25.9 Å². The predicted octanol–water partition coefficient (Wildman–Crippen LogP) is 2.52. The predicted molar refractivity (Wildman–Crippen MR) is 118 cm³/mol. The number of likely N-dealkylation sites (N-methyl/N-ethyl adjacent to an activating group) is 1. The molecule has 0 radical (unpaired) electrons. The van der Waals surface area contributed by atoms with Gasteiger partial charge < -0.3 is 19.7 Å². The molecule has 2 aromatic carbocycles. The summed E-state index contributed by atoms with van der Waals surface area (Å²) in [7, 11) is 5.62. The van der Waals surface area contributed by atoms with Crippen molar-refractivity contribution >= 4 is 17.3 Å². The molecule has 0 saturated carbocycles. The Kier molecular flexibility index (Phi) is 9.18. The van der Waals surface area contributed by atoms with Crippen molar-refractivity contribution in [2.45, 2.75) is 6.61 Å². The van der Waals surface area contributed by atoms with E-state index in [-0.39, 0.29) is 29.3 Å². The Morgan fingerprint density at radius 1 is 1.03 bits per heavy atom. The highest BCUT2D eigenvalue weighted by molar-refractivity contribution is 6.45. The van der Waals surface area contributed by atoms with Crippen LogP contribution in [0.3, 0.4) is 0 Å². The lowest BCUT2D eigenvalue weighted by molar-refractivity contribution is -0.114. The quantitative estimate of drug-likeness (QED) is 0.408. The average molecular weight is 444 g/mol. The molecule has 0 aliphatic heterocycles. The minimum Gasteiger partial charge on any atom is -0.497 e. The van der Waals surface area contributed by atoms with Crippen molar-refractivity contribution < 1.29 is 28.4 Å². The topological polar surface area (TPSA) is 103 Å². The van der Waals surface area contributed by atoms with Crippen LogP contribution in [0.15, 0.2) is 65.1 Å². The third kappa shape index (κ3) is 6.05. The standard InChI is InChI=1S/C22H25FN4O5/c1-14(20(26-30-4)18-11-10-16(29-3)12-19(18)23)25-32-13-15-8-6-7-9-17(15)21(27-31-5)22(28)24-2/h6-12,25H,1,13H2,2-5H3,(H,24,28). The second kappa shape index (κ2) is 12.1. The van der Waals surface area contributed by atoms with Crippen LogP contribution in [0.2, 0.25) is 0 Å². The van der Waals surface area contributed by atoms with E-state index < -0.39 is 11.7 Å². The summed E-state index contributed by atoms with van der Waals surface area (Å²) in [5.41, 5.74) is 4.30. The maximum atomic E-state index is 14.5. The number of hydrogen-bond acceptors (Lipinski definition) is 8. The van der Waals surface area contributed by atoms with Gasteiger partial charge in [0.2, 0.25) is 0 Å². The molecular formula is C22H25FN4O5. The van der Waals surface area contributed by atoms with Crippen molar-refractivity contribution in [3.8, 4) is 5.75 Å². The number of amides is 1.